The van der Waals surface area contributed by atoms with E-state index < -0.39 is 20.8 Å². The Labute approximate surface area is 109 Å². The molecule has 0 amide bonds. The van der Waals surface area contributed by atoms with Gasteiger partial charge in [-0.1, -0.05) is 60.7 Å². The Bertz CT molecular complexity index is 324. The molecule has 0 fully saturated rings. The molecule has 0 aliphatic carbocycles. The second-order valence-corrected chi connectivity index (χ2v) is 6.54. The average Bonchev–Trinajstić information content (AvgIpc) is 2.32. The third-order valence-electron chi connectivity index (χ3n) is 1.88. The molecule has 0 unspecified atom stereocenters. The quantitative estimate of drug-likeness (QED) is 0.713. The normalized spacial score (nSPS) is 8.67. The number of hydrogen-bond donors (Lipinski definition) is 0. The molecule has 0 radical (unpaired) electrons. The summed E-state index contributed by atoms with van der Waals surface area (Å²) in [7, 11) is 9.87. The van der Waals surface area contributed by atoms with Gasteiger partial charge in [-0.2, -0.15) is 0 Å². The van der Waals surface area contributed by atoms with Gasteiger partial charge < -0.3 is 0 Å². The van der Waals surface area contributed by atoms with E-state index in [0.29, 0.717) is 0 Å². The molecule has 0 atom stereocenters. The van der Waals surface area contributed by atoms with Crippen LogP contribution in [0.4, 0.5) is 0 Å². The first-order chi connectivity index (χ1) is 7.38. The van der Waals surface area contributed by atoms with E-state index in [0.717, 1.165) is 0 Å². The zero-order valence-electron chi connectivity index (χ0n) is 8.03. The van der Waals surface area contributed by atoms with Crippen molar-refractivity contribution >= 4 is 17.0 Å². The van der Waals surface area contributed by atoms with Gasteiger partial charge >= 0.3 is 37.9 Å². The minimum Gasteiger partial charge on any atom is -0.0622 e. The molecule has 0 bridgehead atoms. The van der Waals surface area contributed by atoms with E-state index >= 15 is 0 Å². The van der Waals surface area contributed by atoms with Gasteiger partial charge in [0.15, 0.2) is 0 Å². The van der Waals surface area contributed by atoms with Gasteiger partial charge in [0, 0.05) is 0 Å². The van der Waals surface area contributed by atoms with Crippen LogP contribution in [0.5, 0.6) is 0 Å². The largest absolute Gasteiger partial charge is 0.0622 e. The summed E-state index contributed by atoms with van der Waals surface area (Å²) in [6, 6.07) is 20.8. The third kappa shape index (κ3) is 4.97. The van der Waals surface area contributed by atoms with Gasteiger partial charge in [-0.25, -0.2) is 0 Å². The fourth-order valence-electron chi connectivity index (χ4n) is 1.26. The summed E-state index contributed by atoms with van der Waals surface area (Å²) in [5.41, 5.74) is 2.55. The van der Waals surface area contributed by atoms with E-state index in [9.17, 15) is 0 Å². The van der Waals surface area contributed by atoms with Crippen LogP contribution in [-0.4, -0.2) is 0 Å². The van der Waals surface area contributed by atoms with Gasteiger partial charge in [0.1, 0.15) is 0 Å². The van der Waals surface area contributed by atoms with Crippen molar-refractivity contribution in [3.63, 3.8) is 0 Å². The summed E-state index contributed by atoms with van der Waals surface area (Å²) in [4.78, 5) is 0. The van der Waals surface area contributed by atoms with Crippen LogP contribution >= 0.6 is 17.0 Å². The Balaban J connectivity index is 0.000000337. The number of rotatable bonds is 1. The van der Waals surface area contributed by atoms with E-state index in [1.165, 1.54) is 11.1 Å². The van der Waals surface area contributed by atoms with Crippen molar-refractivity contribution in [3.05, 3.63) is 60.7 Å². The summed E-state index contributed by atoms with van der Waals surface area (Å²) < 4.78 is 0. The first-order valence-corrected chi connectivity index (χ1v) is 10.8. The van der Waals surface area contributed by atoms with Gasteiger partial charge in [-0.15, -0.1) is 0 Å². The molecule has 0 N–H and O–H groups in total. The number of hydrogen-bond acceptors (Lipinski definition) is 0. The maximum Gasteiger partial charge on any atom is -0.0184 e. The molecule has 15 heavy (non-hydrogen) atoms. The van der Waals surface area contributed by atoms with Crippen molar-refractivity contribution < 1.29 is 20.8 Å². The molecule has 0 heterocycles. The Morgan fingerprint density at radius 1 is 0.600 bits per heavy atom. The second-order valence-electron chi connectivity index (χ2n) is 2.80. The maximum atomic E-state index is 4.93. The van der Waals surface area contributed by atoms with Crippen LogP contribution < -0.4 is 0 Å². The number of halogens is 2. The molecule has 0 aliphatic rings. The smallest absolute Gasteiger partial charge is 0.0184 e. The van der Waals surface area contributed by atoms with Crippen molar-refractivity contribution in [1.29, 1.82) is 0 Å². The topological polar surface area (TPSA) is 0 Å². The fraction of sp³-hybridized carbons (Fsp3) is 0. The molecule has 2 aromatic carbocycles. The molecule has 3 heteroatoms. The second kappa shape index (κ2) is 8.10. The molecule has 76 valence electrons. The molecule has 2 rings (SSSR count). The maximum absolute atomic E-state index is 4.93. The van der Waals surface area contributed by atoms with Crippen LogP contribution in [0.15, 0.2) is 60.7 Å². The summed E-state index contributed by atoms with van der Waals surface area (Å²) >= 11 is -0.826. The van der Waals surface area contributed by atoms with Crippen LogP contribution in [0, 0.1) is 0 Å². The molecule has 0 aromatic heterocycles. The minimum atomic E-state index is -0.826. The van der Waals surface area contributed by atoms with Gasteiger partial charge in [-0.3, -0.25) is 0 Å². The van der Waals surface area contributed by atoms with E-state index in [-0.39, 0.29) is 0 Å². The van der Waals surface area contributed by atoms with Crippen molar-refractivity contribution in [3.8, 4) is 11.1 Å². The van der Waals surface area contributed by atoms with E-state index in [1.54, 1.807) is 0 Å². The van der Waals surface area contributed by atoms with Crippen LogP contribution in [0.25, 0.3) is 11.1 Å². The number of benzene rings is 2. The van der Waals surface area contributed by atoms with Gasteiger partial charge in [0.25, 0.3) is 0 Å². The molecule has 0 spiro atoms. The monoisotopic (exact) mass is 314 g/mol. The van der Waals surface area contributed by atoms with Crippen molar-refractivity contribution in [2.75, 3.05) is 0 Å². The zero-order valence-corrected chi connectivity index (χ0v) is 12.0. The SMILES string of the molecule is [Cl][Zr][Cl].c1ccc(-c2ccccc2)cc1. The molecule has 0 saturated heterocycles. The fourth-order valence-corrected chi connectivity index (χ4v) is 1.26. The average molecular weight is 316 g/mol. The standard InChI is InChI=1S/C12H10.2ClH.Zr/c1-3-7-11(8-4-1)12-9-5-2-6-10-12;;;/h1-10H;2*1H;/q;;;+2/p-2. The molecular formula is C12H10Cl2Zr. The third-order valence-corrected chi connectivity index (χ3v) is 1.88. The van der Waals surface area contributed by atoms with E-state index in [1.807, 2.05) is 12.1 Å². The van der Waals surface area contributed by atoms with Crippen LogP contribution in [0.1, 0.15) is 0 Å². The summed E-state index contributed by atoms with van der Waals surface area (Å²) in [5, 5.41) is 0. The molecular weight excluding hydrogens is 306 g/mol. The zero-order chi connectivity index (χ0) is 10.9. The first-order valence-electron chi connectivity index (χ1n) is 4.45. The summed E-state index contributed by atoms with van der Waals surface area (Å²) in [6.07, 6.45) is 0. The van der Waals surface area contributed by atoms with E-state index in [2.05, 4.69) is 48.5 Å². The summed E-state index contributed by atoms with van der Waals surface area (Å²) in [6.45, 7) is 0. The molecule has 2 aromatic rings. The van der Waals surface area contributed by atoms with Crippen molar-refractivity contribution in [2.45, 2.75) is 0 Å². The predicted molar refractivity (Wildman–Crippen MR) is 63.6 cm³/mol. The first kappa shape index (κ1) is 13.0. The Kier molecular flexibility index (Phi) is 7.01. The van der Waals surface area contributed by atoms with E-state index in [4.69, 9.17) is 17.0 Å². The van der Waals surface area contributed by atoms with Crippen molar-refractivity contribution in [2.24, 2.45) is 0 Å². The van der Waals surface area contributed by atoms with Crippen molar-refractivity contribution in [1.82, 2.24) is 0 Å². The van der Waals surface area contributed by atoms with Crippen LogP contribution in [0.3, 0.4) is 0 Å². The Morgan fingerprint density at radius 2 is 0.867 bits per heavy atom. The Hall–Kier alpha value is -0.0969. The predicted octanol–water partition coefficient (Wildman–Crippen LogP) is 4.73. The van der Waals surface area contributed by atoms with Gasteiger partial charge in [-0.05, 0) is 11.1 Å². The molecule has 0 saturated carbocycles. The van der Waals surface area contributed by atoms with Gasteiger partial charge in [0.05, 0.1) is 0 Å². The summed E-state index contributed by atoms with van der Waals surface area (Å²) in [5.74, 6) is 0. The molecule has 0 aliphatic heterocycles. The van der Waals surface area contributed by atoms with Crippen LogP contribution in [0.2, 0.25) is 0 Å². The minimum absolute atomic E-state index is 0.826. The molecule has 0 nitrogen and oxygen atoms in total. The Morgan fingerprint density at radius 3 is 1.13 bits per heavy atom. The van der Waals surface area contributed by atoms with Gasteiger partial charge in [0.2, 0.25) is 0 Å². The van der Waals surface area contributed by atoms with Crippen LogP contribution in [-0.2, 0) is 20.8 Å².